The van der Waals surface area contributed by atoms with E-state index in [1.807, 2.05) is 13.8 Å². The first-order chi connectivity index (χ1) is 15.6. The van der Waals surface area contributed by atoms with Gasteiger partial charge in [-0.05, 0) is 32.1 Å². The Bertz CT molecular complexity index is 513. The molecule has 0 aromatic heterocycles. The van der Waals surface area contributed by atoms with E-state index in [0.717, 1.165) is 39.1 Å². The molecule has 0 fully saturated rings. The number of rotatable bonds is 22. The van der Waals surface area contributed by atoms with Crippen LogP contribution in [0.3, 0.4) is 0 Å². The number of Topliss-reactive ketones (excluding diaryl/α,β-unsaturated/α-hetero) is 1. The summed E-state index contributed by atoms with van der Waals surface area (Å²) < 4.78 is 0. The third-order valence-electron chi connectivity index (χ3n) is 6.44. The molecule has 0 bridgehead atoms. The van der Waals surface area contributed by atoms with Gasteiger partial charge >= 0.3 is 0 Å². The van der Waals surface area contributed by atoms with Gasteiger partial charge in [0.1, 0.15) is 5.78 Å². The number of unbranched alkanes of at least 4 members (excludes halogenated alkanes) is 11. The summed E-state index contributed by atoms with van der Waals surface area (Å²) in [4.78, 5) is 18.8. The number of amidine groups is 1. The molecule has 0 atom stereocenters. The molecule has 0 radical (unpaired) electrons. The van der Waals surface area contributed by atoms with Gasteiger partial charge in [0.15, 0.2) is 0 Å². The molecule has 1 aliphatic rings. The summed E-state index contributed by atoms with van der Waals surface area (Å²) in [5, 5.41) is 3.42. The molecular formula is C28H53N3O. The molecule has 4 heteroatoms. The van der Waals surface area contributed by atoms with E-state index in [0.29, 0.717) is 12.2 Å². The van der Waals surface area contributed by atoms with Crippen LogP contribution in [0.5, 0.6) is 0 Å². The second-order valence-corrected chi connectivity index (χ2v) is 9.74. The topological polar surface area (TPSA) is 44.7 Å². The molecule has 186 valence electrons. The number of nitrogens with zero attached hydrogens (tertiary/aromatic N) is 2. The van der Waals surface area contributed by atoms with Crippen LogP contribution in [0.25, 0.3) is 0 Å². The number of ketones is 1. The summed E-state index contributed by atoms with van der Waals surface area (Å²) in [6.07, 6.45) is 24.1. The average Bonchev–Trinajstić information content (AvgIpc) is 3.23. The molecule has 32 heavy (non-hydrogen) atoms. The maximum absolute atomic E-state index is 11.7. The zero-order chi connectivity index (χ0) is 23.3. The van der Waals surface area contributed by atoms with Crippen molar-refractivity contribution in [2.24, 2.45) is 10.9 Å². The van der Waals surface area contributed by atoms with E-state index < -0.39 is 0 Å². The van der Waals surface area contributed by atoms with Crippen LogP contribution in [0.15, 0.2) is 17.1 Å². The van der Waals surface area contributed by atoms with Gasteiger partial charge in [-0.25, -0.2) is 0 Å². The van der Waals surface area contributed by atoms with E-state index in [-0.39, 0.29) is 5.92 Å². The highest BCUT2D eigenvalue weighted by Gasteiger charge is 2.15. The molecule has 0 aromatic carbocycles. The van der Waals surface area contributed by atoms with Crippen LogP contribution in [0.1, 0.15) is 117 Å². The second kappa shape index (κ2) is 20.4. The molecule has 0 amide bonds. The Morgan fingerprint density at radius 2 is 1.56 bits per heavy atom. The van der Waals surface area contributed by atoms with Crippen LogP contribution in [0.2, 0.25) is 0 Å². The van der Waals surface area contributed by atoms with Gasteiger partial charge in [-0.15, -0.1) is 0 Å². The van der Waals surface area contributed by atoms with Crippen molar-refractivity contribution < 1.29 is 4.79 Å². The zero-order valence-corrected chi connectivity index (χ0v) is 21.7. The lowest BCUT2D eigenvalue weighted by Crippen LogP contribution is -2.35. The second-order valence-electron chi connectivity index (χ2n) is 9.74. The quantitative estimate of drug-likeness (QED) is 0.144. The van der Waals surface area contributed by atoms with E-state index in [9.17, 15) is 4.79 Å². The summed E-state index contributed by atoms with van der Waals surface area (Å²) in [5.74, 6) is 1.81. The molecule has 0 unspecified atom stereocenters. The monoisotopic (exact) mass is 447 g/mol. The molecule has 0 spiro atoms. The van der Waals surface area contributed by atoms with Gasteiger partial charge in [0.05, 0.1) is 12.4 Å². The molecular weight excluding hydrogens is 394 g/mol. The SMILES string of the molecule is CCCCCCCC/C=C\CCCCCCCC1=NCCN1CCNCCC(=O)C(C)C. The lowest BCUT2D eigenvalue weighted by atomic mass is 10.1. The highest BCUT2D eigenvalue weighted by atomic mass is 16.1. The molecule has 1 aliphatic heterocycles. The fourth-order valence-corrected chi connectivity index (χ4v) is 4.20. The summed E-state index contributed by atoms with van der Waals surface area (Å²) >= 11 is 0. The van der Waals surface area contributed by atoms with Gasteiger partial charge in [-0.3, -0.25) is 9.79 Å². The third-order valence-corrected chi connectivity index (χ3v) is 6.44. The molecule has 1 rings (SSSR count). The zero-order valence-electron chi connectivity index (χ0n) is 21.7. The smallest absolute Gasteiger partial charge is 0.136 e. The first-order valence-electron chi connectivity index (χ1n) is 13.8. The van der Waals surface area contributed by atoms with E-state index in [1.54, 1.807) is 0 Å². The Kier molecular flexibility index (Phi) is 18.4. The van der Waals surface area contributed by atoms with Crippen molar-refractivity contribution in [2.45, 2.75) is 117 Å². The Morgan fingerprint density at radius 3 is 2.22 bits per heavy atom. The van der Waals surface area contributed by atoms with Gasteiger partial charge in [-0.2, -0.15) is 0 Å². The average molecular weight is 448 g/mol. The van der Waals surface area contributed by atoms with Crippen molar-refractivity contribution in [1.29, 1.82) is 0 Å². The van der Waals surface area contributed by atoms with Crippen LogP contribution in [0.4, 0.5) is 0 Å². The van der Waals surface area contributed by atoms with Gasteiger partial charge in [0.2, 0.25) is 0 Å². The first kappa shape index (κ1) is 28.9. The van der Waals surface area contributed by atoms with Gasteiger partial charge in [-0.1, -0.05) is 84.3 Å². The number of hydrogen-bond donors (Lipinski definition) is 1. The lowest BCUT2D eigenvalue weighted by molar-refractivity contribution is -0.121. The van der Waals surface area contributed by atoms with Crippen molar-refractivity contribution in [3.8, 4) is 0 Å². The maximum atomic E-state index is 11.7. The van der Waals surface area contributed by atoms with E-state index in [4.69, 9.17) is 4.99 Å². The Morgan fingerprint density at radius 1 is 0.938 bits per heavy atom. The first-order valence-corrected chi connectivity index (χ1v) is 13.8. The molecule has 0 aromatic rings. The van der Waals surface area contributed by atoms with Gasteiger partial charge in [0, 0.05) is 44.9 Å². The summed E-state index contributed by atoms with van der Waals surface area (Å²) in [7, 11) is 0. The predicted molar refractivity (Wildman–Crippen MR) is 141 cm³/mol. The summed E-state index contributed by atoms with van der Waals surface area (Å²) in [5.41, 5.74) is 0. The van der Waals surface area contributed by atoms with Crippen LogP contribution < -0.4 is 5.32 Å². The molecule has 1 heterocycles. The maximum Gasteiger partial charge on any atom is 0.136 e. The highest BCUT2D eigenvalue weighted by Crippen LogP contribution is 2.13. The fourth-order valence-electron chi connectivity index (χ4n) is 4.20. The summed E-state index contributed by atoms with van der Waals surface area (Å²) in [6, 6.07) is 0. The third kappa shape index (κ3) is 15.6. The van der Waals surface area contributed by atoms with Crippen LogP contribution in [-0.2, 0) is 4.79 Å². The Labute approximate surface area is 199 Å². The van der Waals surface area contributed by atoms with Crippen molar-refractivity contribution in [3.63, 3.8) is 0 Å². The normalized spacial score (nSPS) is 14.1. The largest absolute Gasteiger partial charge is 0.357 e. The number of aliphatic imine (C=N–C) groups is 1. The number of carbonyl (C=O) groups is 1. The Hall–Kier alpha value is -1.16. The minimum absolute atomic E-state index is 0.153. The number of allylic oxidation sites excluding steroid dienone is 2. The molecule has 4 nitrogen and oxygen atoms in total. The molecule has 0 aliphatic carbocycles. The predicted octanol–water partition coefficient (Wildman–Crippen LogP) is 6.94. The molecule has 1 N–H and O–H groups in total. The number of hydrogen-bond acceptors (Lipinski definition) is 4. The van der Waals surface area contributed by atoms with E-state index >= 15 is 0 Å². The van der Waals surface area contributed by atoms with E-state index in [1.165, 1.54) is 89.3 Å². The van der Waals surface area contributed by atoms with Crippen LogP contribution in [-0.4, -0.2) is 49.2 Å². The number of nitrogens with one attached hydrogen (secondary N) is 1. The summed E-state index contributed by atoms with van der Waals surface area (Å²) in [6.45, 7) is 11.0. The Balaban J connectivity index is 1.91. The minimum atomic E-state index is 0.153. The fraction of sp³-hybridized carbons (Fsp3) is 0.857. The van der Waals surface area contributed by atoms with Gasteiger partial charge in [0.25, 0.3) is 0 Å². The van der Waals surface area contributed by atoms with Crippen molar-refractivity contribution >= 4 is 11.6 Å². The molecule has 0 saturated heterocycles. The van der Waals surface area contributed by atoms with Crippen molar-refractivity contribution in [1.82, 2.24) is 10.2 Å². The van der Waals surface area contributed by atoms with Gasteiger partial charge < -0.3 is 10.2 Å². The number of carbonyl (C=O) groups excluding carboxylic acids is 1. The van der Waals surface area contributed by atoms with Crippen molar-refractivity contribution in [3.05, 3.63) is 12.2 Å². The van der Waals surface area contributed by atoms with Crippen molar-refractivity contribution in [2.75, 3.05) is 32.7 Å². The van der Waals surface area contributed by atoms with Crippen LogP contribution in [0, 0.1) is 5.92 Å². The highest BCUT2D eigenvalue weighted by molar-refractivity contribution is 5.83. The van der Waals surface area contributed by atoms with Crippen LogP contribution >= 0.6 is 0 Å². The lowest BCUT2D eigenvalue weighted by Gasteiger charge is -2.20. The molecule has 0 saturated carbocycles. The minimum Gasteiger partial charge on any atom is -0.357 e. The standard InChI is InChI=1S/C28H53N3O/c1-4-5-6-7-8-9-10-11-12-13-14-15-16-17-18-19-28-30-23-25-31(28)24-22-29-21-20-27(32)26(2)3/h11-12,26,29H,4-10,13-25H2,1-3H3/b12-11-. The van der Waals surface area contributed by atoms with E-state index in [2.05, 4.69) is 29.3 Å².